The number of piperazine rings is 1. The van der Waals surface area contributed by atoms with Crippen LogP contribution in [-0.2, 0) is 9.53 Å². The predicted molar refractivity (Wildman–Crippen MR) is 119 cm³/mol. The van der Waals surface area contributed by atoms with Gasteiger partial charge in [0.05, 0.1) is 12.6 Å². The Bertz CT molecular complexity index is 912. The SMILES string of the molecule is CCOC(=O)C1(C(=O)c2ccccc2N2CCNCC2c2ccncc2)CCNCC1. The van der Waals surface area contributed by atoms with Crippen LogP contribution in [0.4, 0.5) is 5.69 Å². The molecule has 0 saturated carbocycles. The van der Waals surface area contributed by atoms with E-state index in [0.717, 1.165) is 30.9 Å². The molecular weight excluding hydrogens is 392 g/mol. The molecule has 1 unspecified atom stereocenters. The Kier molecular flexibility index (Phi) is 6.63. The quantitative estimate of drug-likeness (QED) is 0.420. The number of nitrogens with zero attached hydrogens (tertiary/aromatic N) is 2. The topological polar surface area (TPSA) is 83.6 Å². The number of ether oxygens (including phenoxy) is 1. The summed E-state index contributed by atoms with van der Waals surface area (Å²) in [5.74, 6) is -0.530. The molecule has 3 heterocycles. The highest BCUT2D eigenvalue weighted by Gasteiger charge is 2.49. The molecule has 4 rings (SSSR count). The van der Waals surface area contributed by atoms with Gasteiger partial charge in [-0.15, -0.1) is 0 Å². The number of piperidine rings is 1. The number of nitrogens with one attached hydrogen (secondary N) is 2. The van der Waals surface area contributed by atoms with Crippen LogP contribution in [0, 0.1) is 5.41 Å². The highest BCUT2D eigenvalue weighted by Crippen LogP contribution is 2.39. The molecule has 2 aromatic rings. The number of Topliss-reactive ketones (excluding diaryl/α,β-unsaturated/α-hetero) is 1. The molecule has 2 aliphatic heterocycles. The second kappa shape index (κ2) is 9.58. The van der Waals surface area contributed by atoms with Gasteiger partial charge in [-0.05, 0) is 62.7 Å². The van der Waals surface area contributed by atoms with E-state index >= 15 is 0 Å². The fourth-order valence-electron chi connectivity index (χ4n) is 4.70. The molecule has 0 amide bonds. The molecule has 0 bridgehead atoms. The van der Waals surface area contributed by atoms with E-state index in [1.807, 2.05) is 36.4 Å². The van der Waals surface area contributed by atoms with Crippen LogP contribution >= 0.6 is 0 Å². The summed E-state index contributed by atoms with van der Waals surface area (Å²) < 4.78 is 5.39. The number of rotatable bonds is 6. The summed E-state index contributed by atoms with van der Waals surface area (Å²) in [7, 11) is 0. The van der Waals surface area contributed by atoms with E-state index in [-0.39, 0.29) is 18.4 Å². The first-order valence-electron chi connectivity index (χ1n) is 11.1. The van der Waals surface area contributed by atoms with Gasteiger partial charge in [-0.2, -0.15) is 0 Å². The lowest BCUT2D eigenvalue weighted by Gasteiger charge is -2.40. The molecule has 0 radical (unpaired) electrons. The maximum Gasteiger partial charge on any atom is 0.320 e. The van der Waals surface area contributed by atoms with Crippen molar-refractivity contribution in [3.8, 4) is 0 Å². The van der Waals surface area contributed by atoms with Crippen molar-refractivity contribution in [2.75, 3.05) is 44.2 Å². The monoisotopic (exact) mass is 422 g/mol. The molecule has 0 spiro atoms. The van der Waals surface area contributed by atoms with E-state index < -0.39 is 11.4 Å². The number of hydrogen-bond donors (Lipinski definition) is 2. The Labute approximate surface area is 183 Å². The molecular formula is C24H30N4O3. The number of benzene rings is 1. The Hall–Kier alpha value is -2.77. The summed E-state index contributed by atoms with van der Waals surface area (Å²) in [6.45, 7) is 5.68. The van der Waals surface area contributed by atoms with Gasteiger partial charge in [-0.25, -0.2) is 0 Å². The summed E-state index contributed by atoms with van der Waals surface area (Å²) in [6.07, 6.45) is 4.50. The van der Waals surface area contributed by atoms with Crippen LogP contribution in [0.5, 0.6) is 0 Å². The van der Waals surface area contributed by atoms with Gasteiger partial charge in [0, 0.05) is 43.3 Å². The molecule has 1 aromatic carbocycles. The molecule has 31 heavy (non-hydrogen) atoms. The minimum Gasteiger partial charge on any atom is -0.465 e. The van der Waals surface area contributed by atoms with Crippen LogP contribution in [0.15, 0.2) is 48.8 Å². The van der Waals surface area contributed by atoms with E-state index in [1.54, 1.807) is 19.3 Å². The molecule has 2 aliphatic rings. The zero-order valence-electron chi connectivity index (χ0n) is 18.0. The maximum atomic E-state index is 14.0. The van der Waals surface area contributed by atoms with Crippen molar-refractivity contribution in [2.45, 2.75) is 25.8 Å². The number of para-hydroxylation sites is 1. The number of aromatic nitrogens is 1. The molecule has 2 N–H and O–H groups in total. The zero-order chi connectivity index (χ0) is 21.7. The van der Waals surface area contributed by atoms with Crippen molar-refractivity contribution >= 4 is 17.4 Å². The third-order valence-electron chi connectivity index (χ3n) is 6.35. The predicted octanol–water partition coefficient (Wildman–Crippen LogP) is 2.35. The van der Waals surface area contributed by atoms with Gasteiger partial charge in [-0.1, -0.05) is 12.1 Å². The molecule has 1 aromatic heterocycles. The van der Waals surface area contributed by atoms with Gasteiger partial charge in [0.1, 0.15) is 5.41 Å². The van der Waals surface area contributed by atoms with E-state index in [2.05, 4.69) is 20.5 Å². The number of pyridine rings is 1. The molecule has 7 heteroatoms. The molecule has 2 fully saturated rings. The van der Waals surface area contributed by atoms with Crippen molar-refractivity contribution in [3.63, 3.8) is 0 Å². The Morgan fingerprint density at radius 3 is 2.58 bits per heavy atom. The molecule has 164 valence electrons. The maximum absolute atomic E-state index is 14.0. The van der Waals surface area contributed by atoms with Crippen LogP contribution in [0.3, 0.4) is 0 Å². The third-order valence-corrected chi connectivity index (χ3v) is 6.35. The van der Waals surface area contributed by atoms with Gasteiger partial charge in [0.25, 0.3) is 0 Å². The summed E-state index contributed by atoms with van der Waals surface area (Å²) in [4.78, 5) is 33.4. The average Bonchev–Trinajstić information content (AvgIpc) is 2.84. The van der Waals surface area contributed by atoms with Crippen LogP contribution in [0.25, 0.3) is 0 Å². The highest BCUT2D eigenvalue weighted by atomic mass is 16.5. The summed E-state index contributed by atoms with van der Waals surface area (Å²) in [5, 5.41) is 6.72. The van der Waals surface area contributed by atoms with Crippen molar-refractivity contribution in [1.82, 2.24) is 15.6 Å². The number of carbonyl (C=O) groups excluding carboxylic acids is 2. The van der Waals surface area contributed by atoms with Crippen molar-refractivity contribution in [1.29, 1.82) is 0 Å². The number of ketones is 1. The first-order valence-corrected chi connectivity index (χ1v) is 11.1. The number of anilines is 1. The second-order valence-corrected chi connectivity index (χ2v) is 8.09. The fourth-order valence-corrected chi connectivity index (χ4v) is 4.70. The van der Waals surface area contributed by atoms with Crippen LogP contribution in [0.1, 0.15) is 41.7 Å². The van der Waals surface area contributed by atoms with Crippen LogP contribution < -0.4 is 15.5 Å². The first-order chi connectivity index (χ1) is 15.2. The molecule has 1 atom stereocenters. The van der Waals surface area contributed by atoms with Gasteiger partial charge < -0.3 is 20.3 Å². The number of esters is 1. The van der Waals surface area contributed by atoms with Crippen LogP contribution in [-0.4, -0.2) is 56.1 Å². The van der Waals surface area contributed by atoms with E-state index in [9.17, 15) is 9.59 Å². The summed E-state index contributed by atoms with van der Waals surface area (Å²) in [5.41, 5.74) is 1.49. The van der Waals surface area contributed by atoms with Crippen molar-refractivity contribution < 1.29 is 14.3 Å². The normalized spacial score (nSPS) is 20.8. The number of hydrogen-bond acceptors (Lipinski definition) is 7. The Morgan fingerprint density at radius 1 is 1.10 bits per heavy atom. The van der Waals surface area contributed by atoms with E-state index in [0.29, 0.717) is 31.5 Å². The highest BCUT2D eigenvalue weighted by molar-refractivity contribution is 6.15. The summed E-state index contributed by atoms with van der Waals surface area (Å²) >= 11 is 0. The Morgan fingerprint density at radius 2 is 1.84 bits per heavy atom. The lowest BCUT2D eigenvalue weighted by molar-refractivity contribution is -0.153. The van der Waals surface area contributed by atoms with Crippen molar-refractivity contribution in [2.24, 2.45) is 5.41 Å². The van der Waals surface area contributed by atoms with Crippen molar-refractivity contribution in [3.05, 3.63) is 59.9 Å². The molecule has 7 nitrogen and oxygen atoms in total. The van der Waals surface area contributed by atoms with E-state index in [4.69, 9.17) is 4.74 Å². The Balaban J connectivity index is 1.73. The largest absolute Gasteiger partial charge is 0.465 e. The summed E-state index contributed by atoms with van der Waals surface area (Å²) in [6, 6.07) is 11.8. The minimum atomic E-state index is -1.13. The van der Waals surface area contributed by atoms with Gasteiger partial charge in [-0.3, -0.25) is 14.6 Å². The smallest absolute Gasteiger partial charge is 0.320 e. The lowest BCUT2D eigenvalue weighted by Crippen LogP contribution is -2.50. The van der Waals surface area contributed by atoms with Gasteiger partial charge in [0.2, 0.25) is 0 Å². The fraction of sp³-hybridized carbons (Fsp3) is 0.458. The minimum absolute atomic E-state index is 0.0808. The third kappa shape index (κ3) is 4.20. The zero-order valence-corrected chi connectivity index (χ0v) is 18.0. The van der Waals surface area contributed by atoms with Crippen LogP contribution in [0.2, 0.25) is 0 Å². The van der Waals surface area contributed by atoms with Gasteiger partial charge in [0.15, 0.2) is 5.78 Å². The number of carbonyl (C=O) groups is 2. The molecule has 0 aliphatic carbocycles. The second-order valence-electron chi connectivity index (χ2n) is 8.09. The molecule has 2 saturated heterocycles. The average molecular weight is 423 g/mol. The first kappa shape index (κ1) is 21.5. The standard InChI is InChI=1S/C24H30N4O3/c1-2-31-23(30)24(9-13-26-14-10-24)22(29)19-5-3-4-6-20(19)28-16-15-27-17-21(28)18-7-11-25-12-8-18/h3-8,11-12,21,26-27H,2,9-10,13-17H2,1H3. The van der Waals surface area contributed by atoms with Gasteiger partial charge >= 0.3 is 5.97 Å². The lowest BCUT2D eigenvalue weighted by atomic mass is 9.72. The van der Waals surface area contributed by atoms with E-state index in [1.165, 1.54) is 0 Å².